The van der Waals surface area contributed by atoms with Gasteiger partial charge in [-0.15, -0.1) is 5.10 Å². The maximum Gasteiger partial charge on any atom is 0.223 e. The minimum Gasteiger partial charge on any atom is -0.312 e. The molecule has 0 spiro atoms. The van der Waals surface area contributed by atoms with E-state index in [1.54, 1.807) is 22.6 Å². The average Bonchev–Trinajstić information content (AvgIpc) is 3.19. The second kappa shape index (κ2) is 6.83. The van der Waals surface area contributed by atoms with Gasteiger partial charge in [-0.2, -0.15) is 0 Å². The second-order valence-corrected chi connectivity index (χ2v) is 8.74. The third-order valence-electron chi connectivity index (χ3n) is 4.37. The summed E-state index contributed by atoms with van der Waals surface area (Å²) in [5, 5.41) is 12.1. The number of ketones is 1. The lowest BCUT2D eigenvalue weighted by molar-refractivity contribution is -0.116. The molecule has 1 aromatic heterocycles. The van der Waals surface area contributed by atoms with E-state index < -0.39 is 0 Å². The van der Waals surface area contributed by atoms with Crippen LogP contribution in [0.5, 0.6) is 0 Å². The molecule has 7 nitrogen and oxygen atoms in total. The van der Waals surface area contributed by atoms with Gasteiger partial charge in [0.25, 0.3) is 0 Å². The molecule has 1 aromatic carbocycles. The molecule has 0 N–H and O–H groups in total. The minimum absolute atomic E-state index is 0.0285. The molecule has 26 heavy (non-hydrogen) atoms. The van der Waals surface area contributed by atoms with Gasteiger partial charge < -0.3 is 4.90 Å². The zero-order valence-corrected chi connectivity index (χ0v) is 16.5. The van der Waals surface area contributed by atoms with Crippen LogP contribution in [0.15, 0.2) is 23.4 Å². The van der Waals surface area contributed by atoms with Crippen LogP contribution < -0.4 is 4.90 Å². The van der Waals surface area contributed by atoms with Gasteiger partial charge >= 0.3 is 0 Å². The van der Waals surface area contributed by atoms with Crippen LogP contribution >= 0.6 is 11.8 Å². The van der Waals surface area contributed by atoms with Gasteiger partial charge in [-0.1, -0.05) is 11.8 Å². The molecule has 3 rings (SSSR count). The van der Waals surface area contributed by atoms with Gasteiger partial charge in [0.2, 0.25) is 11.1 Å². The van der Waals surface area contributed by atoms with E-state index in [1.807, 2.05) is 39.8 Å². The zero-order valence-electron chi connectivity index (χ0n) is 15.7. The molecule has 2 heterocycles. The van der Waals surface area contributed by atoms with E-state index in [-0.39, 0.29) is 22.5 Å². The molecule has 1 unspecified atom stereocenters. The lowest BCUT2D eigenvalue weighted by Crippen LogP contribution is -2.25. The smallest absolute Gasteiger partial charge is 0.223 e. The number of nitrogens with zero attached hydrogens (tertiary/aromatic N) is 5. The fraction of sp³-hybridized carbons (Fsp3) is 0.500. The van der Waals surface area contributed by atoms with Crippen molar-refractivity contribution in [2.45, 2.75) is 57.0 Å². The van der Waals surface area contributed by atoms with Crippen LogP contribution in [0.25, 0.3) is 0 Å². The summed E-state index contributed by atoms with van der Waals surface area (Å²) in [5.41, 5.74) is 2.36. The van der Waals surface area contributed by atoms with E-state index in [2.05, 4.69) is 15.5 Å². The van der Waals surface area contributed by atoms with Gasteiger partial charge in [0.05, 0.1) is 10.8 Å². The van der Waals surface area contributed by atoms with Crippen LogP contribution in [0.1, 0.15) is 50.5 Å². The lowest BCUT2D eigenvalue weighted by atomic mass is 10.0. The van der Waals surface area contributed by atoms with Gasteiger partial charge in [-0.25, -0.2) is 4.68 Å². The summed E-state index contributed by atoms with van der Waals surface area (Å²) in [5.74, 6) is 0.0586. The number of tetrazole rings is 1. The Bertz CT molecular complexity index is 856. The molecular weight excluding hydrogens is 350 g/mol. The van der Waals surface area contributed by atoms with Crippen LogP contribution in [0, 0.1) is 0 Å². The number of fused-ring (bicyclic) bond motifs is 1. The number of amides is 1. The summed E-state index contributed by atoms with van der Waals surface area (Å²) < 4.78 is 1.73. The Balaban J connectivity index is 1.78. The first kappa shape index (κ1) is 18.6. The molecule has 1 atom stereocenters. The third kappa shape index (κ3) is 3.51. The Morgan fingerprint density at radius 1 is 1.27 bits per heavy atom. The molecule has 0 fully saturated rings. The molecule has 1 amide bonds. The highest BCUT2D eigenvalue weighted by Crippen LogP contribution is 2.31. The van der Waals surface area contributed by atoms with E-state index in [0.29, 0.717) is 17.3 Å². The highest BCUT2D eigenvalue weighted by molar-refractivity contribution is 8.00. The Morgan fingerprint density at radius 2 is 2.00 bits per heavy atom. The van der Waals surface area contributed by atoms with Crippen LogP contribution in [-0.4, -0.2) is 43.7 Å². The molecule has 138 valence electrons. The molecule has 1 aliphatic rings. The fourth-order valence-electron chi connectivity index (χ4n) is 3.00. The fourth-order valence-corrected chi connectivity index (χ4v) is 4.06. The Hall–Kier alpha value is -2.22. The number of benzene rings is 1. The standard InChI is InChI=1S/C18H23N5O2S/c1-11(26-17-19-20-21-23(17)18(3,4)5)16(25)14-6-7-15-13(10-14)8-9-22(15)12(2)24/h6-7,10-11H,8-9H2,1-5H3. The predicted molar refractivity (Wildman–Crippen MR) is 101 cm³/mol. The minimum atomic E-state index is -0.314. The summed E-state index contributed by atoms with van der Waals surface area (Å²) in [4.78, 5) is 26.3. The molecule has 0 aliphatic carbocycles. The lowest BCUT2D eigenvalue weighted by Gasteiger charge is -2.20. The van der Waals surface area contributed by atoms with Gasteiger partial charge in [-0.05, 0) is 68.3 Å². The van der Waals surface area contributed by atoms with E-state index in [4.69, 9.17) is 0 Å². The van der Waals surface area contributed by atoms with Crippen molar-refractivity contribution < 1.29 is 9.59 Å². The van der Waals surface area contributed by atoms with Crippen LogP contribution in [0.4, 0.5) is 5.69 Å². The Morgan fingerprint density at radius 3 is 2.65 bits per heavy atom. The summed E-state index contributed by atoms with van der Waals surface area (Å²) in [6.07, 6.45) is 0.778. The Kier molecular flexibility index (Phi) is 4.88. The number of Topliss-reactive ketones (excluding diaryl/α,β-unsaturated/α-hetero) is 1. The molecule has 0 radical (unpaired) electrons. The zero-order chi connectivity index (χ0) is 19.1. The number of carbonyl (C=O) groups is 2. The first-order valence-corrected chi connectivity index (χ1v) is 9.47. The van der Waals surface area contributed by atoms with E-state index in [0.717, 1.165) is 17.7 Å². The van der Waals surface area contributed by atoms with Crippen molar-refractivity contribution in [2.75, 3.05) is 11.4 Å². The summed E-state index contributed by atoms with van der Waals surface area (Å²) in [7, 11) is 0. The monoisotopic (exact) mass is 373 g/mol. The maximum absolute atomic E-state index is 12.9. The van der Waals surface area contributed by atoms with Crippen molar-refractivity contribution in [2.24, 2.45) is 0 Å². The molecule has 1 aliphatic heterocycles. The predicted octanol–water partition coefficient (Wildman–Crippen LogP) is 2.70. The molecule has 0 saturated heterocycles. The second-order valence-electron chi connectivity index (χ2n) is 7.43. The van der Waals surface area contributed by atoms with Crippen molar-refractivity contribution in [1.29, 1.82) is 0 Å². The van der Waals surface area contributed by atoms with Crippen molar-refractivity contribution in [1.82, 2.24) is 20.2 Å². The molecule has 2 aromatic rings. The normalized spacial score (nSPS) is 15.0. The first-order chi connectivity index (χ1) is 12.2. The summed E-state index contributed by atoms with van der Waals surface area (Å²) in [6.45, 7) is 10.1. The van der Waals surface area contributed by atoms with Gasteiger partial charge in [0.15, 0.2) is 5.78 Å². The van der Waals surface area contributed by atoms with Crippen LogP contribution in [-0.2, 0) is 16.8 Å². The molecular formula is C18H23N5O2S. The van der Waals surface area contributed by atoms with E-state index >= 15 is 0 Å². The van der Waals surface area contributed by atoms with Gasteiger partial charge in [0, 0.05) is 24.7 Å². The van der Waals surface area contributed by atoms with E-state index in [1.165, 1.54) is 11.8 Å². The van der Waals surface area contributed by atoms with Gasteiger partial charge in [0.1, 0.15) is 0 Å². The average molecular weight is 373 g/mol. The summed E-state index contributed by atoms with van der Waals surface area (Å²) in [6, 6.07) is 5.57. The number of aromatic nitrogens is 4. The quantitative estimate of drug-likeness (QED) is 0.605. The SMILES string of the molecule is CC(=O)N1CCc2cc(C(=O)C(C)Sc3nnnn3C(C)(C)C)ccc21. The van der Waals surface area contributed by atoms with Crippen molar-refractivity contribution in [3.8, 4) is 0 Å². The van der Waals surface area contributed by atoms with Gasteiger partial charge in [-0.3, -0.25) is 9.59 Å². The van der Waals surface area contributed by atoms with Crippen LogP contribution in [0.2, 0.25) is 0 Å². The molecule has 0 bridgehead atoms. The Labute approximate surface area is 157 Å². The van der Waals surface area contributed by atoms with Crippen molar-refractivity contribution >= 4 is 29.1 Å². The van der Waals surface area contributed by atoms with E-state index in [9.17, 15) is 9.59 Å². The van der Waals surface area contributed by atoms with Crippen molar-refractivity contribution in [3.05, 3.63) is 29.3 Å². The number of hydrogen-bond acceptors (Lipinski definition) is 6. The highest BCUT2D eigenvalue weighted by Gasteiger charge is 2.27. The van der Waals surface area contributed by atoms with Crippen LogP contribution in [0.3, 0.4) is 0 Å². The molecule has 8 heteroatoms. The molecule has 0 saturated carbocycles. The summed E-state index contributed by atoms with van der Waals surface area (Å²) >= 11 is 1.36. The maximum atomic E-state index is 12.9. The van der Waals surface area contributed by atoms with Crippen molar-refractivity contribution in [3.63, 3.8) is 0 Å². The third-order valence-corrected chi connectivity index (χ3v) is 5.40. The first-order valence-electron chi connectivity index (χ1n) is 8.59. The number of rotatable bonds is 4. The number of anilines is 1. The number of hydrogen-bond donors (Lipinski definition) is 0. The number of carbonyl (C=O) groups excluding carboxylic acids is 2. The largest absolute Gasteiger partial charge is 0.312 e. The topological polar surface area (TPSA) is 81.0 Å². The number of thioether (sulfide) groups is 1. The highest BCUT2D eigenvalue weighted by atomic mass is 32.2.